The van der Waals surface area contributed by atoms with Crippen LogP contribution in [0.5, 0.6) is 5.75 Å². The van der Waals surface area contributed by atoms with E-state index in [4.69, 9.17) is 22.1 Å². The minimum atomic E-state index is -4.51. The van der Waals surface area contributed by atoms with Crippen molar-refractivity contribution in [3.05, 3.63) is 28.3 Å². The molecule has 0 unspecified atom stereocenters. The van der Waals surface area contributed by atoms with Crippen molar-refractivity contribution >= 4 is 11.6 Å². The van der Waals surface area contributed by atoms with Gasteiger partial charge in [0.25, 0.3) is 0 Å². The van der Waals surface area contributed by atoms with Crippen molar-refractivity contribution < 1.29 is 17.9 Å². The highest BCUT2D eigenvalue weighted by Gasteiger charge is 2.41. The Morgan fingerprint density at radius 1 is 1.26 bits per heavy atom. The monoisotopic (exact) mass is 293 g/mol. The minimum absolute atomic E-state index is 0.0276. The highest BCUT2D eigenvalue weighted by molar-refractivity contribution is 6.30. The van der Waals surface area contributed by atoms with E-state index in [2.05, 4.69) is 0 Å². The van der Waals surface area contributed by atoms with Crippen molar-refractivity contribution in [2.45, 2.75) is 37.4 Å². The van der Waals surface area contributed by atoms with Crippen molar-refractivity contribution in [3.63, 3.8) is 0 Å². The number of alkyl halides is 3. The Labute approximate surface area is 114 Å². The summed E-state index contributed by atoms with van der Waals surface area (Å²) in [5.41, 5.74) is 4.94. The Morgan fingerprint density at radius 3 is 2.32 bits per heavy atom. The lowest BCUT2D eigenvalue weighted by Crippen LogP contribution is -2.34. The van der Waals surface area contributed by atoms with E-state index >= 15 is 0 Å². The fourth-order valence-corrected chi connectivity index (χ4v) is 2.89. The first-order chi connectivity index (χ1) is 8.78. The molecule has 2 nitrogen and oxygen atoms in total. The Bertz CT molecular complexity index is 482. The number of nitrogens with two attached hydrogens (primary N) is 1. The van der Waals surface area contributed by atoms with Crippen LogP contribution >= 0.6 is 11.6 Å². The van der Waals surface area contributed by atoms with E-state index in [9.17, 15) is 13.2 Å². The van der Waals surface area contributed by atoms with E-state index < -0.39 is 17.3 Å². The molecule has 0 atom stereocenters. The van der Waals surface area contributed by atoms with E-state index in [1.165, 1.54) is 13.2 Å². The molecule has 1 aromatic carbocycles. The van der Waals surface area contributed by atoms with Gasteiger partial charge < -0.3 is 10.5 Å². The Balaban J connectivity index is 2.63. The van der Waals surface area contributed by atoms with E-state index in [1.54, 1.807) is 0 Å². The molecule has 2 N–H and O–H groups in total. The van der Waals surface area contributed by atoms with Crippen molar-refractivity contribution in [1.29, 1.82) is 0 Å². The molecule has 0 aromatic heterocycles. The first kappa shape index (κ1) is 14.5. The molecule has 0 saturated heterocycles. The first-order valence-corrected chi connectivity index (χ1v) is 6.40. The topological polar surface area (TPSA) is 35.2 Å². The molecule has 6 heteroatoms. The number of benzene rings is 1. The molecule has 1 aromatic rings. The van der Waals surface area contributed by atoms with Crippen LogP contribution in [-0.2, 0) is 11.7 Å². The van der Waals surface area contributed by atoms with Gasteiger partial charge in [-0.2, -0.15) is 13.2 Å². The van der Waals surface area contributed by atoms with Crippen molar-refractivity contribution in [2.24, 2.45) is 5.73 Å². The van der Waals surface area contributed by atoms with E-state index in [1.807, 2.05) is 0 Å². The van der Waals surface area contributed by atoms with Gasteiger partial charge >= 0.3 is 6.18 Å². The van der Waals surface area contributed by atoms with Crippen LogP contribution in [0.15, 0.2) is 12.1 Å². The largest absolute Gasteiger partial charge is 0.496 e. The lowest BCUT2D eigenvalue weighted by molar-refractivity contribution is -0.138. The van der Waals surface area contributed by atoms with Gasteiger partial charge in [-0.15, -0.1) is 0 Å². The van der Waals surface area contributed by atoms with Gasteiger partial charge in [-0.3, -0.25) is 0 Å². The molecular formula is C13H15ClF3NO. The third-order valence-corrected chi connectivity index (χ3v) is 3.81. The molecule has 1 saturated carbocycles. The fraction of sp³-hybridized carbons (Fsp3) is 0.538. The van der Waals surface area contributed by atoms with E-state index in [0.717, 1.165) is 18.9 Å². The third kappa shape index (κ3) is 2.67. The molecule has 0 heterocycles. The first-order valence-electron chi connectivity index (χ1n) is 6.02. The van der Waals surface area contributed by atoms with Gasteiger partial charge in [0.15, 0.2) is 0 Å². The number of ether oxygens (including phenoxy) is 1. The van der Waals surface area contributed by atoms with Crippen LogP contribution in [0.4, 0.5) is 13.2 Å². The third-order valence-electron chi connectivity index (χ3n) is 3.60. The van der Waals surface area contributed by atoms with E-state index in [-0.39, 0.29) is 10.8 Å². The highest BCUT2D eigenvalue weighted by Crippen LogP contribution is 2.47. The van der Waals surface area contributed by atoms with Crippen LogP contribution in [0, 0.1) is 0 Å². The Kier molecular flexibility index (Phi) is 3.71. The standard InChI is InChI=1S/C13H15ClF3NO/c1-19-11-9(12(18)4-2-3-5-12)6-8(14)7-10(11)13(15,16)17/h6-7H,2-5,18H2,1H3. The molecular weight excluding hydrogens is 279 g/mol. The molecule has 0 aliphatic heterocycles. The zero-order chi connectivity index (χ0) is 14.3. The highest BCUT2D eigenvalue weighted by atomic mass is 35.5. The second kappa shape index (κ2) is 4.87. The zero-order valence-corrected chi connectivity index (χ0v) is 11.2. The normalized spacial score (nSPS) is 18.6. The average molecular weight is 294 g/mol. The van der Waals surface area contributed by atoms with Crippen LogP contribution in [-0.4, -0.2) is 7.11 Å². The molecule has 1 aliphatic carbocycles. The summed E-state index contributed by atoms with van der Waals surface area (Å²) in [5.74, 6) is -0.207. The lowest BCUT2D eigenvalue weighted by atomic mass is 9.87. The van der Waals surface area contributed by atoms with Gasteiger partial charge in [-0.05, 0) is 25.0 Å². The summed E-state index contributed by atoms with van der Waals surface area (Å²) in [6, 6.07) is 2.36. The van der Waals surface area contributed by atoms with Gasteiger partial charge in [0.05, 0.1) is 12.7 Å². The van der Waals surface area contributed by atoms with Gasteiger partial charge in [0.2, 0.25) is 0 Å². The maximum atomic E-state index is 13.0. The van der Waals surface area contributed by atoms with Crippen molar-refractivity contribution in [3.8, 4) is 5.75 Å². The Hall–Kier alpha value is -0.940. The maximum Gasteiger partial charge on any atom is 0.420 e. The van der Waals surface area contributed by atoms with Crippen LogP contribution < -0.4 is 10.5 Å². The molecule has 0 spiro atoms. The van der Waals surface area contributed by atoms with Crippen LogP contribution in [0.1, 0.15) is 36.8 Å². The molecule has 0 bridgehead atoms. The number of halogens is 4. The van der Waals surface area contributed by atoms with Gasteiger partial charge in [-0.25, -0.2) is 0 Å². The summed E-state index contributed by atoms with van der Waals surface area (Å²) in [5, 5.41) is 0.0276. The van der Waals surface area contributed by atoms with Gasteiger partial charge in [0.1, 0.15) is 5.75 Å². The average Bonchev–Trinajstić information content (AvgIpc) is 2.75. The zero-order valence-electron chi connectivity index (χ0n) is 10.5. The molecule has 1 fully saturated rings. The van der Waals surface area contributed by atoms with Gasteiger partial charge in [-0.1, -0.05) is 24.4 Å². The molecule has 2 rings (SSSR count). The summed E-state index contributed by atoms with van der Waals surface area (Å²) in [6.45, 7) is 0. The number of hydrogen-bond acceptors (Lipinski definition) is 2. The van der Waals surface area contributed by atoms with E-state index in [0.29, 0.717) is 18.4 Å². The number of hydrogen-bond donors (Lipinski definition) is 1. The van der Waals surface area contributed by atoms with Crippen LogP contribution in [0.3, 0.4) is 0 Å². The smallest absolute Gasteiger partial charge is 0.420 e. The van der Waals surface area contributed by atoms with Crippen LogP contribution in [0.2, 0.25) is 5.02 Å². The number of methoxy groups -OCH3 is 1. The van der Waals surface area contributed by atoms with Crippen molar-refractivity contribution in [2.75, 3.05) is 7.11 Å². The lowest BCUT2D eigenvalue weighted by Gasteiger charge is -2.28. The van der Waals surface area contributed by atoms with Crippen molar-refractivity contribution in [1.82, 2.24) is 0 Å². The summed E-state index contributed by atoms with van der Waals surface area (Å²) < 4.78 is 44.1. The predicted octanol–water partition coefficient (Wildman–Crippen LogP) is 4.10. The second-order valence-corrected chi connectivity index (χ2v) is 5.33. The molecule has 1 aliphatic rings. The van der Waals surface area contributed by atoms with Gasteiger partial charge in [0, 0.05) is 16.1 Å². The number of rotatable bonds is 2. The quantitative estimate of drug-likeness (QED) is 0.891. The summed E-state index contributed by atoms with van der Waals surface area (Å²) in [6.07, 6.45) is -1.44. The summed E-state index contributed by atoms with van der Waals surface area (Å²) >= 11 is 5.81. The maximum absolute atomic E-state index is 13.0. The molecule has 0 amide bonds. The molecule has 106 valence electrons. The summed E-state index contributed by atoms with van der Waals surface area (Å²) in [7, 11) is 1.22. The molecule has 19 heavy (non-hydrogen) atoms. The van der Waals surface area contributed by atoms with Crippen LogP contribution in [0.25, 0.3) is 0 Å². The fourth-order valence-electron chi connectivity index (χ4n) is 2.67. The second-order valence-electron chi connectivity index (χ2n) is 4.90. The predicted molar refractivity (Wildman–Crippen MR) is 67.3 cm³/mol. The molecule has 0 radical (unpaired) electrons. The summed E-state index contributed by atoms with van der Waals surface area (Å²) in [4.78, 5) is 0. The SMILES string of the molecule is COc1c(C(F)(F)F)cc(Cl)cc1C1(N)CCCC1. The Morgan fingerprint density at radius 2 is 1.84 bits per heavy atom. The minimum Gasteiger partial charge on any atom is -0.496 e.